The SMILES string of the molecule is C=CCCCCCCCCCCCCCCCC(=O)O[C@@H](COC(=O)CCCCCCCCCCCCCCCCCCCCCCC)COP(=O)(O)OCCN. The van der Waals surface area contributed by atoms with Gasteiger partial charge in [-0.05, 0) is 25.7 Å². The number of carbonyl (C=O) groups is 2. The van der Waals surface area contributed by atoms with Crippen LogP contribution >= 0.6 is 7.82 Å². The van der Waals surface area contributed by atoms with Crippen molar-refractivity contribution in [2.24, 2.45) is 5.73 Å². The Balaban J connectivity index is 3.99. The predicted molar refractivity (Wildman–Crippen MR) is 238 cm³/mol. The quantitative estimate of drug-likeness (QED) is 0.0266. The minimum absolute atomic E-state index is 0.0560. The molecule has 2 atom stereocenters. The van der Waals surface area contributed by atoms with E-state index in [4.69, 9.17) is 24.3 Å². The monoisotopic (exact) mass is 830 g/mol. The maximum Gasteiger partial charge on any atom is 0.472 e. The van der Waals surface area contributed by atoms with Gasteiger partial charge in [-0.2, -0.15) is 0 Å². The number of ether oxygens (including phenoxy) is 2. The molecule has 0 radical (unpaired) electrons. The molecule has 0 rings (SSSR count). The fraction of sp³-hybridized carbons (Fsp3) is 0.915. The number of hydrogen-bond acceptors (Lipinski definition) is 8. The highest BCUT2D eigenvalue weighted by atomic mass is 31.2. The van der Waals surface area contributed by atoms with Crippen LogP contribution in [0.5, 0.6) is 0 Å². The molecule has 3 N–H and O–H groups in total. The van der Waals surface area contributed by atoms with Crippen LogP contribution in [0.25, 0.3) is 0 Å². The lowest BCUT2D eigenvalue weighted by Gasteiger charge is -2.19. The fourth-order valence-corrected chi connectivity index (χ4v) is 7.97. The first-order valence-corrected chi connectivity index (χ1v) is 25.6. The number of allylic oxidation sites excluding steroid dienone is 1. The minimum Gasteiger partial charge on any atom is -0.462 e. The van der Waals surface area contributed by atoms with Gasteiger partial charge in [0, 0.05) is 19.4 Å². The largest absolute Gasteiger partial charge is 0.472 e. The van der Waals surface area contributed by atoms with Crippen LogP contribution in [0, 0.1) is 0 Å². The number of rotatable bonds is 47. The molecule has 0 aliphatic rings. The van der Waals surface area contributed by atoms with Crippen LogP contribution in [0.2, 0.25) is 0 Å². The van der Waals surface area contributed by atoms with Crippen LogP contribution in [0.4, 0.5) is 0 Å². The summed E-state index contributed by atoms with van der Waals surface area (Å²) in [4.78, 5) is 35.0. The minimum atomic E-state index is -4.37. The van der Waals surface area contributed by atoms with E-state index in [1.165, 1.54) is 173 Å². The normalized spacial score (nSPS) is 13.0. The van der Waals surface area contributed by atoms with Crippen molar-refractivity contribution in [3.63, 3.8) is 0 Å². The number of unbranched alkanes of at least 4 members (excludes halogenated alkanes) is 33. The highest BCUT2D eigenvalue weighted by Crippen LogP contribution is 2.43. The number of hydrogen-bond donors (Lipinski definition) is 2. The zero-order valence-electron chi connectivity index (χ0n) is 37.2. The van der Waals surface area contributed by atoms with Crippen LogP contribution < -0.4 is 5.73 Å². The van der Waals surface area contributed by atoms with Gasteiger partial charge in [0.2, 0.25) is 0 Å². The molecular weight excluding hydrogens is 737 g/mol. The lowest BCUT2D eigenvalue weighted by atomic mass is 10.0. The van der Waals surface area contributed by atoms with Crippen molar-refractivity contribution < 1.29 is 37.6 Å². The van der Waals surface area contributed by atoms with Gasteiger partial charge >= 0.3 is 19.8 Å². The molecule has 1 unspecified atom stereocenters. The summed E-state index contributed by atoms with van der Waals surface area (Å²) < 4.78 is 32.9. The van der Waals surface area contributed by atoms with Crippen LogP contribution in [0.1, 0.15) is 244 Å². The Kier molecular flexibility index (Phi) is 43.3. The van der Waals surface area contributed by atoms with E-state index in [-0.39, 0.29) is 38.6 Å². The number of nitrogens with two attached hydrogens (primary N) is 1. The molecule has 0 aromatic heterocycles. The van der Waals surface area contributed by atoms with E-state index in [0.29, 0.717) is 6.42 Å². The van der Waals surface area contributed by atoms with E-state index in [1.807, 2.05) is 6.08 Å². The number of phosphoric ester groups is 1. The molecule has 0 saturated carbocycles. The van der Waals surface area contributed by atoms with E-state index in [2.05, 4.69) is 13.5 Å². The smallest absolute Gasteiger partial charge is 0.462 e. The maximum atomic E-state index is 12.6. The molecule has 0 aliphatic heterocycles. The first-order chi connectivity index (χ1) is 27.8. The summed E-state index contributed by atoms with van der Waals surface area (Å²) in [7, 11) is -4.37. The maximum absolute atomic E-state index is 12.6. The molecule has 0 fully saturated rings. The molecule has 0 spiro atoms. The fourth-order valence-electron chi connectivity index (χ4n) is 7.21. The summed E-state index contributed by atoms with van der Waals surface area (Å²) in [5.74, 6) is -0.816. The van der Waals surface area contributed by atoms with Gasteiger partial charge in [0.1, 0.15) is 6.61 Å². The van der Waals surface area contributed by atoms with Crippen LogP contribution in [-0.4, -0.2) is 49.3 Å². The summed E-state index contributed by atoms with van der Waals surface area (Å²) in [6.45, 7) is 5.30. The zero-order chi connectivity index (χ0) is 41.8. The van der Waals surface area contributed by atoms with Crippen LogP contribution in [0.15, 0.2) is 12.7 Å². The van der Waals surface area contributed by atoms with Gasteiger partial charge in [-0.1, -0.05) is 212 Å². The molecule has 0 bridgehead atoms. The van der Waals surface area contributed by atoms with Crippen molar-refractivity contribution >= 4 is 19.8 Å². The van der Waals surface area contributed by atoms with Crippen molar-refractivity contribution in [1.82, 2.24) is 0 Å². The predicted octanol–water partition coefficient (Wildman–Crippen LogP) is 14.2. The Labute approximate surface area is 351 Å². The van der Waals surface area contributed by atoms with Gasteiger partial charge in [-0.15, -0.1) is 6.58 Å². The Morgan fingerprint density at radius 3 is 1.26 bits per heavy atom. The van der Waals surface area contributed by atoms with Gasteiger partial charge in [0.05, 0.1) is 13.2 Å². The average molecular weight is 830 g/mol. The molecule has 0 aromatic rings. The molecule has 338 valence electrons. The third-order valence-electron chi connectivity index (χ3n) is 10.8. The second-order valence-corrected chi connectivity index (χ2v) is 17.9. The van der Waals surface area contributed by atoms with Gasteiger partial charge in [0.15, 0.2) is 6.10 Å². The molecule has 9 nitrogen and oxygen atoms in total. The number of carbonyl (C=O) groups excluding carboxylic acids is 2. The summed E-state index contributed by atoms with van der Waals surface area (Å²) in [6.07, 6.45) is 45.7. The van der Waals surface area contributed by atoms with Gasteiger partial charge in [-0.3, -0.25) is 18.6 Å². The summed E-state index contributed by atoms with van der Waals surface area (Å²) in [5, 5.41) is 0. The van der Waals surface area contributed by atoms with Crippen molar-refractivity contribution in [2.45, 2.75) is 251 Å². The summed E-state index contributed by atoms with van der Waals surface area (Å²) in [5.41, 5.74) is 5.36. The second kappa shape index (κ2) is 44.3. The second-order valence-electron chi connectivity index (χ2n) is 16.4. The molecular formula is C47H92NO8P. The first kappa shape index (κ1) is 55.8. The van der Waals surface area contributed by atoms with E-state index in [9.17, 15) is 19.0 Å². The Bertz CT molecular complexity index is 935. The van der Waals surface area contributed by atoms with Crippen molar-refractivity contribution in [1.29, 1.82) is 0 Å². The summed E-state index contributed by atoms with van der Waals surface area (Å²) >= 11 is 0. The molecule has 10 heteroatoms. The summed E-state index contributed by atoms with van der Waals surface area (Å²) in [6, 6.07) is 0. The van der Waals surface area contributed by atoms with Crippen molar-refractivity contribution in [3.8, 4) is 0 Å². The zero-order valence-corrected chi connectivity index (χ0v) is 38.1. The third kappa shape index (κ3) is 44.1. The first-order valence-electron chi connectivity index (χ1n) is 24.1. The van der Waals surface area contributed by atoms with Crippen molar-refractivity contribution in [3.05, 3.63) is 12.7 Å². The topological polar surface area (TPSA) is 134 Å². The highest BCUT2D eigenvalue weighted by Gasteiger charge is 2.26. The Hall–Kier alpha value is -1.25. The van der Waals surface area contributed by atoms with E-state index in [0.717, 1.165) is 44.9 Å². The van der Waals surface area contributed by atoms with E-state index >= 15 is 0 Å². The molecule has 0 amide bonds. The van der Waals surface area contributed by atoms with Gasteiger partial charge < -0.3 is 20.1 Å². The lowest BCUT2D eigenvalue weighted by Crippen LogP contribution is -2.29. The van der Waals surface area contributed by atoms with E-state index < -0.39 is 26.5 Å². The van der Waals surface area contributed by atoms with Gasteiger partial charge in [-0.25, -0.2) is 4.57 Å². The van der Waals surface area contributed by atoms with Crippen molar-refractivity contribution in [2.75, 3.05) is 26.4 Å². The third-order valence-corrected chi connectivity index (χ3v) is 11.8. The standard InChI is InChI=1S/C47H92NO8P/c1-3-5-7-9-11-13-15-17-19-20-21-22-23-24-26-27-29-31-33-35-37-39-46(49)53-43-45(44-55-57(51,52)54-42-41-48)56-47(50)40-38-36-34-32-30-28-25-18-16-14-12-10-8-6-4-2/h4,45H,2-3,5-44,48H2,1H3,(H,51,52)/t45-/m0/s1. The van der Waals surface area contributed by atoms with Gasteiger partial charge in [0.25, 0.3) is 0 Å². The number of phosphoric acid groups is 1. The lowest BCUT2D eigenvalue weighted by molar-refractivity contribution is -0.161. The molecule has 0 heterocycles. The molecule has 0 aliphatic carbocycles. The molecule has 57 heavy (non-hydrogen) atoms. The molecule has 0 aromatic carbocycles. The van der Waals surface area contributed by atoms with Crippen LogP contribution in [-0.2, 0) is 32.7 Å². The number of esters is 2. The molecule has 0 saturated heterocycles. The van der Waals surface area contributed by atoms with E-state index in [1.54, 1.807) is 0 Å². The Morgan fingerprint density at radius 1 is 0.544 bits per heavy atom. The average Bonchev–Trinajstić information content (AvgIpc) is 3.20. The van der Waals surface area contributed by atoms with Crippen LogP contribution in [0.3, 0.4) is 0 Å². The highest BCUT2D eigenvalue weighted by molar-refractivity contribution is 7.47. The Morgan fingerprint density at radius 2 is 0.895 bits per heavy atom.